The Morgan fingerprint density at radius 3 is 2.35 bits per heavy atom. The van der Waals surface area contributed by atoms with Crippen LogP contribution in [0.1, 0.15) is 18.9 Å². The topological polar surface area (TPSA) is 63.4 Å². The van der Waals surface area contributed by atoms with E-state index in [1.54, 1.807) is 25.1 Å². The lowest BCUT2D eigenvalue weighted by molar-refractivity contribution is -0.138. The minimum absolute atomic E-state index is 0.0699. The lowest BCUT2D eigenvalue weighted by atomic mass is 9.89. The molecular formula is C16H17F3N2O2. The summed E-state index contributed by atoms with van der Waals surface area (Å²) in [5.74, 6) is -1.75. The Hall–Kier alpha value is -2.31. The highest BCUT2D eigenvalue weighted by molar-refractivity contribution is 5.99. The van der Waals surface area contributed by atoms with Crippen LogP contribution >= 0.6 is 0 Å². The number of amides is 2. The smallest absolute Gasteiger partial charge is 0.369 e. The van der Waals surface area contributed by atoms with Crippen LogP contribution < -0.4 is 5.73 Å². The highest BCUT2D eigenvalue weighted by Crippen LogP contribution is 2.34. The maximum atomic E-state index is 13.3. The number of hydrogen-bond donors (Lipinski definition) is 1. The average molecular weight is 326 g/mol. The summed E-state index contributed by atoms with van der Waals surface area (Å²) in [7, 11) is 0. The van der Waals surface area contributed by atoms with Crippen molar-refractivity contribution in [3.05, 3.63) is 41.5 Å². The fraction of sp³-hybridized carbons (Fsp3) is 0.375. The summed E-state index contributed by atoms with van der Waals surface area (Å²) in [6.45, 7) is 1.51. The Morgan fingerprint density at radius 1 is 1.26 bits per heavy atom. The minimum Gasteiger partial charge on any atom is -0.369 e. The summed E-state index contributed by atoms with van der Waals surface area (Å²) in [6, 6.07) is 7.81. The van der Waals surface area contributed by atoms with E-state index in [9.17, 15) is 22.8 Å². The van der Waals surface area contributed by atoms with Crippen molar-refractivity contribution in [2.75, 3.05) is 13.1 Å². The molecule has 1 aromatic carbocycles. The van der Waals surface area contributed by atoms with E-state index in [1.165, 1.54) is 12.1 Å². The molecule has 124 valence electrons. The Bertz CT molecular complexity index is 640. The van der Waals surface area contributed by atoms with Crippen LogP contribution in [0.3, 0.4) is 0 Å². The van der Waals surface area contributed by atoms with E-state index in [0.29, 0.717) is 0 Å². The Balaban J connectivity index is 2.30. The number of carbonyl (C=O) groups is 2. The van der Waals surface area contributed by atoms with Crippen molar-refractivity contribution in [1.29, 1.82) is 0 Å². The van der Waals surface area contributed by atoms with Crippen molar-refractivity contribution >= 4 is 17.9 Å². The number of nitrogens with zero attached hydrogens (tertiary/aromatic N) is 1. The van der Waals surface area contributed by atoms with Gasteiger partial charge in [-0.15, -0.1) is 0 Å². The molecule has 0 saturated carbocycles. The molecule has 1 aliphatic heterocycles. The third-order valence-corrected chi connectivity index (χ3v) is 4.00. The van der Waals surface area contributed by atoms with E-state index >= 15 is 0 Å². The van der Waals surface area contributed by atoms with Gasteiger partial charge in [0.1, 0.15) is 5.57 Å². The van der Waals surface area contributed by atoms with Crippen molar-refractivity contribution in [2.24, 2.45) is 11.1 Å². The SMILES string of the molecule is CC1(C(N)=O)CCN(C(=O)/C(=C/c2ccccc2)C(F)(F)F)C1. The van der Waals surface area contributed by atoms with Gasteiger partial charge in [0, 0.05) is 13.1 Å². The third kappa shape index (κ3) is 3.72. The van der Waals surface area contributed by atoms with Crippen molar-refractivity contribution in [3.63, 3.8) is 0 Å². The highest BCUT2D eigenvalue weighted by Gasteiger charge is 2.46. The van der Waals surface area contributed by atoms with Crippen LogP contribution in [0.5, 0.6) is 0 Å². The molecule has 2 rings (SSSR count). The van der Waals surface area contributed by atoms with Gasteiger partial charge in [0.05, 0.1) is 5.41 Å². The zero-order valence-electron chi connectivity index (χ0n) is 12.6. The monoisotopic (exact) mass is 326 g/mol. The van der Waals surface area contributed by atoms with Crippen LogP contribution in [0.25, 0.3) is 6.08 Å². The first-order chi connectivity index (χ1) is 10.6. The highest BCUT2D eigenvalue weighted by atomic mass is 19.4. The van der Waals surface area contributed by atoms with Gasteiger partial charge in [0.2, 0.25) is 5.91 Å². The zero-order valence-corrected chi connectivity index (χ0v) is 12.6. The van der Waals surface area contributed by atoms with Crippen LogP contribution in [-0.4, -0.2) is 36.0 Å². The van der Waals surface area contributed by atoms with Crippen LogP contribution in [0.15, 0.2) is 35.9 Å². The standard InChI is InChI=1S/C16H17F3N2O2/c1-15(14(20)23)7-8-21(10-15)13(22)12(16(17,18)19)9-11-5-3-2-4-6-11/h2-6,9H,7-8,10H2,1H3,(H2,20,23)/b12-9-. The molecule has 1 heterocycles. The zero-order chi connectivity index (χ0) is 17.3. The molecule has 0 bridgehead atoms. The van der Waals surface area contributed by atoms with Crippen molar-refractivity contribution in [1.82, 2.24) is 4.90 Å². The van der Waals surface area contributed by atoms with E-state index in [0.717, 1.165) is 11.0 Å². The summed E-state index contributed by atoms with van der Waals surface area (Å²) in [5, 5.41) is 0. The van der Waals surface area contributed by atoms with Crippen molar-refractivity contribution in [3.8, 4) is 0 Å². The molecule has 2 N–H and O–H groups in total. The van der Waals surface area contributed by atoms with Gasteiger partial charge in [0.15, 0.2) is 0 Å². The molecule has 1 aromatic rings. The predicted molar refractivity (Wildman–Crippen MR) is 79.0 cm³/mol. The van der Waals surface area contributed by atoms with E-state index < -0.39 is 29.0 Å². The number of halogens is 3. The molecule has 23 heavy (non-hydrogen) atoms. The summed E-state index contributed by atoms with van der Waals surface area (Å²) in [5.41, 5.74) is 3.31. The average Bonchev–Trinajstić information content (AvgIpc) is 2.88. The number of hydrogen-bond acceptors (Lipinski definition) is 2. The first kappa shape index (κ1) is 17.1. The van der Waals surface area contributed by atoms with Crippen LogP contribution in [0.2, 0.25) is 0 Å². The fourth-order valence-electron chi connectivity index (χ4n) is 2.49. The second-order valence-corrected chi connectivity index (χ2v) is 5.87. The molecule has 7 heteroatoms. The summed E-state index contributed by atoms with van der Waals surface area (Å²) >= 11 is 0. The number of alkyl halides is 3. The van der Waals surface area contributed by atoms with E-state index in [-0.39, 0.29) is 25.1 Å². The Morgan fingerprint density at radius 2 is 1.87 bits per heavy atom. The molecule has 0 aliphatic carbocycles. The van der Waals surface area contributed by atoms with Gasteiger partial charge in [0.25, 0.3) is 5.91 Å². The van der Waals surface area contributed by atoms with E-state index in [4.69, 9.17) is 5.73 Å². The number of primary amides is 1. The lowest BCUT2D eigenvalue weighted by Gasteiger charge is -2.23. The fourth-order valence-corrected chi connectivity index (χ4v) is 2.49. The molecule has 1 atom stereocenters. The van der Waals surface area contributed by atoms with Crippen molar-refractivity contribution in [2.45, 2.75) is 19.5 Å². The summed E-state index contributed by atoms with van der Waals surface area (Å²) in [4.78, 5) is 24.7. The predicted octanol–water partition coefficient (Wildman–Crippen LogP) is 2.36. The number of carbonyl (C=O) groups excluding carboxylic acids is 2. The first-order valence-corrected chi connectivity index (χ1v) is 7.07. The molecule has 1 saturated heterocycles. The maximum absolute atomic E-state index is 13.3. The number of nitrogens with two attached hydrogens (primary N) is 1. The molecule has 1 aliphatic rings. The molecule has 2 amide bonds. The van der Waals surface area contributed by atoms with E-state index in [2.05, 4.69) is 0 Å². The maximum Gasteiger partial charge on any atom is 0.421 e. The van der Waals surface area contributed by atoms with Crippen LogP contribution in [0.4, 0.5) is 13.2 Å². The quantitative estimate of drug-likeness (QED) is 0.867. The van der Waals surface area contributed by atoms with Gasteiger partial charge in [-0.1, -0.05) is 30.3 Å². The van der Waals surface area contributed by atoms with Gasteiger partial charge in [-0.2, -0.15) is 13.2 Å². The number of rotatable bonds is 3. The Kier molecular flexibility index (Phi) is 4.49. The largest absolute Gasteiger partial charge is 0.421 e. The number of likely N-dealkylation sites (tertiary alicyclic amines) is 1. The van der Waals surface area contributed by atoms with Crippen LogP contribution in [-0.2, 0) is 9.59 Å². The van der Waals surface area contributed by atoms with Crippen LogP contribution in [0, 0.1) is 5.41 Å². The summed E-state index contributed by atoms with van der Waals surface area (Å²) < 4.78 is 39.8. The molecule has 1 fully saturated rings. The molecule has 1 unspecified atom stereocenters. The van der Waals surface area contributed by atoms with Gasteiger partial charge in [-0.25, -0.2) is 0 Å². The lowest BCUT2D eigenvalue weighted by Crippen LogP contribution is -2.40. The molecular weight excluding hydrogens is 309 g/mol. The van der Waals surface area contributed by atoms with Gasteiger partial charge >= 0.3 is 6.18 Å². The van der Waals surface area contributed by atoms with Gasteiger partial charge < -0.3 is 10.6 Å². The molecule has 0 aromatic heterocycles. The second-order valence-electron chi connectivity index (χ2n) is 5.87. The molecule has 0 radical (unpaired) electrons. The summed E-state index contributed by atoms with van der Waals surface area (Å²) in [6.07, 6.45) is -3.70. The number of benzene rings is 1. The normalized spacial score (nSPS) is 22.3. The first-order valence-electron chi connectivity index (χ1n) is 7.07. The van der Waals surface area contributed by atoms with Gasteiger partial charge in [-0.3, -0.25) is 9.59 Å². The molecule has 4 nitrogen and oxygen atoms in total. The van der Waals surface area contributed by atoms with Crippen molar-refractivity contribution < 1.29 is 22.8 Å². The molecule has 0 spiro atoms. The minimum atomic E-state index is -4.78. The Labute approximate surface area is 131 Å². The van der Waals surface area contributed by atoms with Gasteiger partial charge in [-0.05, 0) is 25.0 Å². The van der Waals surface area contributed by atoms with E-state index in [1.807, 2.05) is 0 Å². The second kappa shape index (κ2) is 6.06. The third-order valence-electron chi connectivity index (χ3n) is 4.00.